The van der Waals surface area contributed by atoms with Crippen molar-refractivity contribution in [1.29, 1.82) is 0 Å². The van der Waals surface area contributed by atoms with Crippen LogP contribution in [0.4, 0.5) is 37.7 Å². The van der Waals surface area contributed by atoms with Crippen LogP contribution in [0, 0.1) is 25.2 Å². The summed E-state index contributed by atoms with van der Waals surface area (Å²) in [5.74, 6) is -2.03. The first kappa shape index (κ1) is 25.0. The minimum absolute atomic E-state index is 0.0117. The van der Waals surface area contributed by atoms with Gasteiger partial charge in [0.05, 0.1) is 23.7 Å². The second-order valence-corrected chi connectivity index (χ2v) is 8.96. The number of ether oxygens (including phenoxy) is 1. The maximum absolute atomic E-state index is 13.5. The van der Waals surface area contributed by atoms with Crippen LogP contribution in [0.25, 0.3) is 0 Å². The summed E-state index contributed by atoms with van der Waals surface area (Å²) in [7, 11) is 0. The van der Waals surface area contributed by atoms with Gasteiger partial charge in [-0.05, 0) is 49.6 Å². The molecule has 2 aliphatic heterocycles. The standard InChI is InChI=1S/C24H22F6N2O3/c1-13-4-3-5-14(2)19(13)32-11-22(12-35-7-6-18(22)20(32)33)21(34)31-17-9-15(23(25,26)27)8-16(10-17)24(28,29)30/h3-5,8-10,18H,6-7,11-12H2,1-2H3,(H,31,34). The molecule has 2 amide bonds. The maximum atomic E-state index is 13.5. The normalized spacial score (nSPS) is 22.8. The lowest BCUT2D eigenvalue weighted by Crippen LogP contribution is -2.49. The second-order valence-electron chi connectivity index (χ2n) is 8.96. The fourth-order valence-electron chi connectivity index (χ4n) is 4.90. The van der Waals surface area contributed by atoms with Gasteiger partial charge in [-0.3, -0.25) is 9.59 Å². The van der Waals surface area contributed by atoms with E-state index in [-0.39, 0.29) is 38.2 Å². The van der Waals surface area contributed by atoms with Crippen LogP contribution in [0.3, 0.4) is 0 Å². The average molecular weight is 500 g/mol. The molecule has 2 unspecified atom stereocenters. The first-order chi connectivity index (χ1) is 16.2. The lowest BCUT2D eigenvalue weighted by Gasteiger charge is -2.35. The Morgan fingerprint density at radius 2 is 1.60 bits per heavy atom. The minimum Gasteiger partial charge on any atom is -0.380 e. The number of benzene rings is 2. The molecule has 2 atom stereocenters. The van der Waals surface area contributed by atoms with Crippen molar-refractivity contribution in [2.24, 2.45) is 11.3 Å². The van der Waals surface area contributed by atoms with Gasteiger partial charge in [0.25, 0.3) is 0 Å². The molecule has 35 heavy (non-hydrogen) atoms. The smallest absolute Gasteiger partial charge is 0.380 e. The summed E-state index contributed by atoms with van der Waals surface area (Å²) < 4.78 is 85.0. The van der Waals surface area contributed by atoms with Crippen molar-refractivity contribution in [1.82, 2.24) is 0 Å². The Hall–Kier alpha value is -3.08. The third-order valence-electron chi connectivity index (χ3n) is 6.59. The van der Waals surface area contributed by atoms with Gasteiger partial charge >= 0.3 is 12.4 Å². The molecule has 2 saturated heterocycles. The zero-order chi connectivity index (χ0) is 25.8. The summed E-state index contributed by atoms with van der Waals surface area (Å²) >= 11 is 0. The summed E-state index contributed by atoms with van der Waals surface area (Å²) in [6.45, 7) is 3.51. The number of para-hydroxylation sites is 1. The number of carbonyl (C=O) groups excluding carboxylic acids is 2. The van der Waals surface area contributed by atoms with Gasteiger partial charge in [0.1, 0.15) is 5.41 Å². The molecule has 0 aromatic heterocycles. The predicted octanol–water partition coefficient (Wildman–Crippen LogP) is 5.35. The Labute approximate surface area is 197 Å². The molecule has 4 rings (SSSR count). The molecule has 188 valence electrons. The number of aryl methyl sites for hydroxylation is 2. The predicted molar refractivity (Wildman–Crippen MR) is 115 cm³/mol. The van der Waals surface area contributed by atoms with Crippen LogP contribution in [0.15, 0.2) is 36.4 Å². The molecule has 0 saturated carbocycles. The van der Waals surface area contributed by atoms with E-state index in [0.29, 0.717) is 17.8 Å². The van der Waals surface area contributed by atoms with Crippen LogP contribution in [-0.4, -0.2) is 31.6 Å². The molecule has 2 fully saturated rings. The lowest BCUT2D eigenvalue weighted by atomic mass is 9.74. The van der Waals surface area contributed by atoms with E-state index >= 15 is 0 Å². The van der Waals surface area contributed by atoms with Crippen LogP contribution in [0.5, 0.6) is 0 Å². The molecular formula is C24H22F6N2O3. The van der Waals surface area contributed by atoms with Gasteiger partial charge in [-0.15, -0.1) is 0 Å². The largest absolute Gasteiger partial charge is 0.416 e. The number of halogens is 6. The van der Waals surface area contributed by atoms with E-state index in [2.05, 4.69) is 5.32 Å². The molecule has 5 nitrogen and oxygen atoms in total. The van der Waals surface area contributed by atoms with Gasteiger partial charge in [-0.25, -0.2) is 0 Å². The Morgan fingerprint density at radius 1 is 1.03 bits per heavy atom. The zero-order valence-corrected chi connectivity index (χ0v) is 18.8. The number of carbonyl (C=O) groups is 2. The zero-order valence-electron chi connectivity index (χ0n) is 18.8. The molecular weight excluding hydrogens is 478 g/mol. The molecule has 0 spiro atoms. The number of rotatable bonds is 3. The van der Waals surface area contributed by atoms with Crippen molar-refractivity contribution in [3.05, 3.63) is 58.7 Å². The molecule has 0 bridgehead atoms. The molecule has 2 aliphatic rings. The number of hydrogen-bond acceptors (Lipinski definition) is 3. The third kappa shape index (κ3) is 4.49. The summed E-state index contributed by atoms with van der Waals surface area (Å²) in [5.41, 5.74) is -3.02. The van der Waals surface area contributed by atoms with E-state index in [0.717, 1.165) is 11.1 Å². The number of nitrogens with zero attached hydrogens (tertiary/aromatic N) is 1. The summed E-state index contributed by atoms with van der Waals surface area (Å²) in [6, 6.07) is 6.32. The second kappa shape index (κ2) is 8.54. The molecule has 2 heterocycles. The number of alkyl halides is 6. The summed E-state index contributed by atoms with van der Waals surface area (Å²) in [6.07, 6.45) is -9.92. The van der Waals surface area contributed by atoms with Gasteiger partial charge in [0.15, 0.2) is 0 Å². The molecule has 2 aromatic carbocycles. The van der Waals surface area contributed by atoms with Crippen molar-refractivity contribution in [3.63, 3.8) is 0 Å². The number of fused-ring (bicyclic) bond motifs is 1. The van der Waals surface area contributed by atoms with Gasteiger partial charge in [0.2, 0.25) is 11.8 Å². The SMILES string of the molecule is Cc1cccc(C)c1N1CC2(C(=O)Nc3cc(C(F)(F)F)cc(C(F)(F)F)c3)COCCC2C1=O. The topological polar surface area (TPSA) is 58.6 Å². The van der Waals surface area contributed by atoms with Crippen molar-refractivity contribution in [2.75, 3.05) is 30.0 Å². The Morgan fingerprint density at radius 3 is 2.14 bits per heavy atom. The number of nitrogens with one attached hydrogen (secondary N) is 1. The van der Waals surface area contributed by atoms with Crippen LogP contribution in [-0.2, 0) is 26.7 Å². The van der Waals surface area contributed by atoms with Gasteiger partial charge in [-0.1, -0.05) is 18.2 Å². The van der Waals surface area contributed by atoms with Gasteiger partial charge < -0.3 is 15.0 Å². The van der Waals surface area contributed by atoms with Crippen molar-refractivity contribution in [3.8, 4) is 0 Å². The fourth-order valence-corrected chi connectivity index (χ4v) is 4.90. The average Bonchev–Trinajstić information content (AvgIpc) is 3.06. The monoisotopic (exact) mass is 500 g/mol. The van der Waals surface area contributed by atoms with E-state index in [1.807, 2.05) is 32.0 Å². The van der Waals surface area contributed by atoms with Crippen LogP contribution in [0.1, 0.15) is 28.7 Å². The van der Waals surface area contributed by atoms with E-state index < -0.39 is 46.4 Å². The third-order valence-corrected chi connectivity index (χ3v) is 6.59. The highest BCUT2D eigenvalue weighted by Crippen LogP contribution is 2.46. The molecule has 2 aromatic rings. The summed E-state index contributed by atoms with van der Waals surface area (Å²) in [5, 5.41) is 2.22. The van der Waals surface area contributed by atoms with Crippen LogP contribution < -0.4 is 10.2 Å². The highest BCUT2D eigenvalue weighted by molar-refractivity contribution is 6.08. The fraction of sp³-hybridized carbons (Fsp3) is 0.417. The van der Waals surface area contributed by atoms with Gasteiger partial charge in [0, 0.05) is 24.5 Å². The molecule has 11 heteroatoms. The number of anilines is 2. The lowest BCUT2D eigenvalue weighted by molar-refractivity contribution is -0.143. The Balaban J connectivity index is 1.72. The highest BCUT2D eigenvalue weighted by atomic mass is 19.4. The minimum atomic E-state index is -5.06. The molecule has 1 N–H and O–H groups in total. The van der Waals surface area contributed by atoms with Crippen molar-refractivity contribution < 1.29 is 40.7 Å². The summed E-state index contributed by atoms with van der Waals surface area (Å²) in [4.78, 5) is 28.3. The highest BCUT2D eigenvalue weighted by Gasteiger charge is 2.59. The quantitative estimate of drug-likeness (QED) is 0.579. The number of amides is 2. The number of hydrogen-bond donors (Lipinski definition) is 1. The van der Waals surface area contributed by atoms with Crippen LogP contribution >= 0.6 is 0 Å². The van der Waals surface area contributed by atoms with Gasteiger partial charge in [-0.2, -0.15) is 26.3 Å². The Bertz CT molecular complexity index is 1120. The van der Waals surface area contributed by atoms with E-state index in [1.54, 1.807) is 0 Å². The van der Waals surface area contributed by atoms with Crippen molar-refractivity contribution in [2.45, 2.75) is 32.6 Å². The first-order valence-corrected chi connectivity index (χ1v) is 10.8. The Kier molecular flexibility index (Phi) is 6.11. The first-order valence-electron chi connectivity index (χ1n) is 10.8. The molecule has 0 aliphatic carbocycles. The van der Waals surface area contributed by atoms with Crippen molar-refractivity contribution >= 4 is 23.2 Å². The van der Waals surface area contributed by atoms with E-state index in [4.69, 9.17) is 4.74 Å². The van der Waals surface area contributed by atoms with E-state index in [1.165, 1.54) is 4.90 Å². The molecule has 0 radical (unpaired) electrons. The van der Waals surface area contributed by atoms with Crippen LogP contribution in [0.2, 0.25) is 0 Å². The maximum Gasteiger partial charge on any atom is 0.416 e. The van der Waals surface area contributed by atoms with E-state index in [9.17, 15) is 35.9 Å².